The predicted octanol–water partition coefficient (Wildman–Crippen LogP) is 5.85. The molecule has 4 fully saturated rings. The number of hydrogen-bond acceptors (Lipinski definition) is 4. The summed E-state index contributed by atoms with van der Waals surface area (Å²) >= 11 is 0. The van der Waals surface area contributed by atoms with Crippen molar-refractivity contribution < 1.29 is 14.3 Å². The van der Waals surface area contributed by atoms with Gasteiger partial charge in [0, 0.05) is 23.7 Å². The standard InChI is InChI=1S/C27H37NO3/c1-17(29)21-11-12-22-20-10-9-19-7-4-8-24(31-25(30)18-6-5-15-28-16-18)27(19,3)23(20)13-14-26(21,22)2/h5-6,15-16,19-24H,4,7-14H2,1-3H3/t19-,20+,21-,22+,23+,24?,26-,27+/m1/s1. The third kappa shape index (κ3) is 3.19. The van der Waals surface area contributed by atoms with Gasteiger partial charge in [0.05, 0.1) is 5.56 Å². The van der Waals surface area contributed by atoms with Crippen LogP contribution >= 0.6 is 0 Å². The van der Waals surface area contributed by atoms with Crippen LogP contribution in [0.4, 0.5) is 0 Å². The van der Waals surface area contributed by atoms with Gasteiger partial charge in [-0.05, 0) is 106 Å². The molecule has 4 heteroatoms. The van der Waals surface area contributed by atoms with Crippen molar-refractivity contribution in [2.45, 2.75) is 84.7 Å². The summed E-state index contributed by atoms with van der Waals surface area (Å²) in [6.07, 6.45) is 13.8. The lowest BCUT2D eigenvalue weighted by atomic mass is 9.44. The molecule has 1 aromatic heterocycles. The number of hydrogen-bond donors (Lipinski definition) is 0. The number of pyridine rings is 1. The zero-order valence-corrected chi connectivity index (χ0v) is 19.3. The highest BCUT2D eigenvalue weighted by Gasteiger charge is 2.62. The number of ketones is 1. The minimum atomic E-state index is -0.222. The van der Waals surface area contributed by atoms with Crippen LogP contribution < -0.4 is 0 Å². The highest BCUT2D eigenvalue weighted by molar-refractivity contribution is 5.89. The summed E-state index contributed by atoms with van der Waals surface area (Å²) in [5.74, 6) is 2.97. The van der Waals surface area contributed by atoms with E-state index >= 15 is 0 Å². The van der Waals surface area contributed by atoms with Crippen molar-refractivity contribution >= 4 is 11.8 Å². The Labute approximate surface area is 186 Å². The van der Waals surface area contributed by atoms with Crippen LogP contribution in [0.1, 0.15) is 88.9 Å². The Morgan fingerprint density at radius 1 is 1.03 bits per heavy atom. The molecule has 0 bridgehead atoms. The summed E-state index contributed by atoms with van der Waals surface area (Å²) in [7, 11) is 0. The number of Topliss-reactive ketones (excluding diaryl/α,β-unsaturated/α-hetero) is 1. The largest absolute Gasteiger partial charge is 0.458 e. The van der Waals surface area contributed by atoms with E-state index in [1.54, 1.807) is 31.5 Å². The minimum Gasteiger partial charge on any atom is -0.458 e. The van der Waals surface area contributed by atoms with Crippen molar-refractivity contribution in [2.24, 2.45) is 40.4 Å². The summed E-state index contributed by atoms with van der Waals surface area (Å²) in [5, 5.41) is 0. The molecule has 0 amide bonds. The van der Waals surface area contributed by atoms with Crippen molar-refractivity contribution in [1.82, 2.24) is 4.98 Å². The number of nitrogens with zero attached hydrogens (tertiary/aromatic N) is 1. The van der Waals surface area contributed by atoms with Crippen LogP contribution in [0.2, 0.25) is 0 Å². The van der Waals surface area contributed by atoms with E-state index in [9.17, 15) is 9.59 Å². The predicted molar refractivity (Wildman–Crippen MR) is 119 cm³/mol. The number of carbonyl (C=O) groups is 2. The van der Waals surface area contributed by atoms with E-state index in [-0.39, 0.29) is 28.8 Å². The third-order valence-electron chi connectivity index (χ3n) is 10.3. The molecule has 0 spiro atoms. The molecule has 4 aliphatic carbocycles. The van der Waals surface area contributed by atoms with E-state index in [4.69, 9.17) is 4.74 Å². The molecule has 0 radical (unpaired) electrons. The van der Waals surface area contributed by atoms with Gasteiger partial charge in [0.15, 0.2) is 0 Å². The Kier molecular flexibility index (Phi) is 5.26. The third-order valence-corrected chi connectivity index (χ3v) is 10.3. The molecule has 0 aromatic carbocycles. The van der Waals surface area contributed by atoms with Crippen LogP contribution in [0.25, 0.3) is 0 Å². The number of fused-ring (bicyclic) bond motifs is 5. The number of aromatic nitrogens is 1. The van der Waals surface area contributed by atoms with Gasteiger partial charge >= 0.3 is 5.97 Å². The molecule has 5 rings (SSSR count). The molecule has 8 atom stereocenters. The highest BCUT2D eigenvalue weighted by Crippen LogP contribution is 2.67. The van der Waals surface area contributed by atoms with Gasteiger partial charge in [-0.25, -0.2) is 4.79 Å². The molecule has 4 nitrogen and oxygen atoms in total. The maximum absolute atomic E-state index is 12.9. The summed E-state index contributed by atoms with van der Waals surface area (Å²) < 4.78 is 6.26. The molecule has 1 aromatic rings. The Morgan fingerprint density at radius 2 is 1.87 bits per heavy atom. The highest BCUT2D eigenvalue weighted by atomic mass is 16.5. The van der Waals surface area contributed by atoms with Gasteiger partial charge in [-0.3, -0.25) is 9.78 Å². The monoisotopic (exact) mass is 423 g/mol. The second-order valence-electron chi connectivity index (χ2n) is 11.4. The summed E-state index contributed by atoms with van der Waals surface area (Å²) in [5.41, 5.74) is 0.776. The maximum atomic E-state index is 12.9. The van der Waals surface area contributed by atoms with Gasteiger partial charge in [-0.2, -0.15) is 0 Å². The number of esters is 1. The number of ether oxygens (including phenoxy) is 1. The van der Waals surface area contributed by atoms with Gasteiger partial charge in [-0.15, -0.1) is 0 Å². The molecule has 1 unspecified atom stereocenters. The first-order valence-corrected chi connectivity index (χ1v) is 12.5. The van der Waals surface area contributed by atoms with Crippen LogP contribution in [-0.4, -0.2) is 22.8 Å². The van der Waals surface area contributed by atoms with Crippen LogP contribution in [0.15, 0.2) is 24.5 Å². The molecule has 4 saturated carbocycles. The molecular weight excluding hydrogens is 386 g/mol. The molecule has 31 heavy (non-hydrogen) atoms. The fraction of sp³-hybridized carbons (Fsp3) is 0.741. The normalized spacial score (nSPS) is 44.0. The van der Waals surface area contributed by atoms with E-state index in [0.717, 1.165) is 25.7 Å². The van der Waals surface area contributed by atoms with E-state index in [1.807, 2.05) is 0 Å². The first kappa shape index (κ1) is 21.2. The van der Waals surface area contributed by atoms with Crippen LogP contribution in [-0.2, 0) is 9.53 Å². The quantitative estimate of drug-likeness (QED) is 0.572. The first-order chi connectivity index (χ1) is 14.9. The lowest BCUT2D eigenvalue weighted by Crippen LogP contribution is -2.58. The van der Waals surface area contributed by atoms with Gasteiger partial charge in [0.2, 0.25) is 0 Å². The second-order valence-corrected chi connectivity index (χ2v) is 11.4. The molecule has 0 aliphatic heterocycles. The van der Waals surface area contributed by atoms with Crippen LogP contribution in [0.5, 0.6) is 0 Å². The van der Waals surface area contributed by atoms with Crippen molar-refractivity contribution in [2.75, 3.05) is 0 Å². The Hall–Kier alpha value is -1.71. The zero-order chi connectivity index (χ0) is 21.8. The van der Waals surface area contributed by atoms with Crippen molar-refractivity contribution in [3.63, 3.8) is 0 Å². The maximum Gasteiger partial charge on any atom is 0.339 e. The minimum absolute atomic E-state index is 0.0129. The van der Waals surface area contributed by atoms with Crippen LogP contribution in [0, 0.1) is 40.4 Å². The van der Waals surface area contributed by atoms with Gasteiger partial charge in [0.1, 0.15) is 11.9 Å². The van der Waals surface area contributed by atoms with Crippen molar-refractivity contribution in [1.29, 1.82) is 0 Å². The van der Waals surface area contributed by atoms with E-state index in [2.05, 4.69) is 18.8 Å². The Balaban J connectivity index is 1.42. The van der Waals surface area contributed by atoms with E-state index in [0.29, 0.717) is 35.0 Å². The Morgan fingerprint density at radius 3 is 2.61 bits per heavy atom. The fourth-order valence-electron chi connectivity index (χ4n) is 8.82. The topological polar surface area (TPSA) is 56.3 Å². The summed E-state index contributed by atoms with van der Waals surface area (Å²) in [4.78, 5) is 29.4. The molecule has 1 heterocycles. The molecule has 4 aliphatic rings. The first-order valence-electron chi connectivity index (χ1n) is 12.5. The van der Waals surface area contributed by atoms with Gasteiger partial charge in [0.25, 0.3) is 0 Å². The zero-order valence-electron chi connectivity index (χ0n) is 19.3. The van der Waals surface area contributed by atoms with E-state index < -0.39 is 0 Å². The van der Waals surface area contributed by atoms with E-state index in [1.165, 1.54) is 32.1 Å². The summed E-state index contributed by atoms with van der Waals surface area (Å²) in [6.45, 7) is 6.65. The second kappa shape index (κ2) is 7.71. The summed E-state index contributed by atoms with van der Waals surface area (Å²) in [6, 6.07) is 3.60. The average Bonchev–Trinajstić information content (AvgIpc) is 3.12. The lowest BCUT2D eigenvalue weighted by Gasteiger charge is -2.62. The molecular formula is C27H37NO3. The van der Waals surface area contributed by atoms with Crippen LogP contribution in [0.3, 0.4) is 0 Å². The van der Waals surface area contributed by atoms with Gasteiger partial charge < -0.3 is 4.74 Å². The fourth-order valence-corrected chi connectivity index (χ4v) is 8.82. The van der Waals surface area contributed by atoms with Crippen molar-refractivity contribution in [3.05, 3.63) is 30.1 Å². The Bertz CT molecular complexity index is 853. The van der Waals surface area contributed by atoms with Gasteiger partial charge in [-0.1, -0.05) is 13.8 Å². The molecule has 168 valence electrons. The number of rotatable bonds is 3. The smallest absolute Gasteiger partial charge is 0.339 e. The SMILES string of the molecule is CC(=O)[C@H]1CC[C@H]2[C@@H]3CC[C@H]4CCCC(OC(=O)c5cccnc5)[C@]4(C)[C@H]3CC[C@]12C. The van der Waals surface area contributed by atoms with Crippen molar-refractivity contribution in [3.8, 4) is 0 Å². The number of carbonyl (C=O) groups excluding carboxylic acids is 2. The lowest BCUT2D eigenvalue weighted by molar-refractivity contribution is -0.166. The molecule has 0 saturated heterocycles. The molecule has 0 N–H and O–H groups in total. The average molecular weight is 424 g/mol.